The van der Waals surface area contributed by atoms with Crippen LogP contribution in [0.15, 0.2) is 35.2 Å². The molecule has 2 heterocycles. The minimum absolute atomic E-state index is 0.822. The third kappa shape index (κ3) is 1.21. The Hall–Kier alpha value is -1.64. The van der Waals surface area contributed by atoms with E-state index in [-0.39, 0.29) is 0 Å². The SMILES string of the molecule is Cc1ccc(-c2ccon2)cn1. The van der Waals surface area contributed by atoms with Crippen molar-refractivity contribution in [1.29, 1.82) is 0 Å². The van der Waals surface area contributed by atoms with E-state index >= 15 is 0 Å². The molecule has 0 bridgehead atoms. The fraction of sp³-hybridized carbons (Fsp3) is 0.111. The Bertz CT molecular complexity index is 351. The van der Waals surface area contributed by atoms with Gasteiger partial charge in [0.05, 0.1) is 0 Å². The van der Waals surface area contributed by atoms with Gasteiger partial charge in [-0.1, -0.05) is 5.16 Å². The minimum atomic E-state index is 0.822. The lowest BCUT2D eigenvalue weighted by molar-refractivity contribution is 0.422. The molecule has 0 aliphatic heterocycles. The Balaban J connectivity index is 2.43. The van der Waals surface area contributed by atoms with Gasteiger partial charge in [0, 0.05) is 23.5 Å². The Labute approximate surface area is 70.0 Å². The summed E-state index contributed by atoms with van der Waals surface area (Å²) in [6.45, 7) is 1.95. The maximum Gasteiger partial charge on any atom is 0.124 e. The summed E-state index contributed by atoms with van der Waals surface area (Å²) in [5, 5.41) is 3.80. The second-order valence-electron chi connectivity index (χ2n) is 2.57. The van der Waals surface area contributed by atoms with Gasteiger partial charge in [-0.15, -0.1) is 0 Å². The standard InChI is InChI=1S/C9H8N2O/c1-7-2-3-8(6-10-7)9-4-5-12-11-9/h2-6H,1H3. The van der Waals surface area contributed by atoms with E-state index in [1.54, 1.807) is 12.5 Å². The molecule has 0 aliphatic carbocycles. The molecule has 0 spiro atoms. The molecule has 0 radical (unpaired) electrons. The van der Waals surface area contributed by atoms with Crippen LogP contribution < -0.4 is 0 Å². The van der Waals surface area contributed by atoms with E-state index in [0.29, 0.717) is 0 Å². The Morgan fingerprint density at radius 1 is 1.25 bits per heavy atom. The van der Waals surface area contributed by atoms with Gasteiger partial charge in [-0.05, 0) is 19.1 Å². The maximum atomic E-state index is 4.72. The molecule has 2 aromatic heterocycles. The largest absolute Gasteiger partial charge is 0.364 e. The van der Waals surface area contributed by atoms with Crippen LogP contribution in [-0.2, 0) is 0 Å². The minimum Gasteiger partial charge on any atom is -0.364 e. The quantitative estimate of drug-likeness (QED) is 0.640. The normalized spacial score (nSPS) is 10.1. The van der Waals surface area contributed by atoms with Gasteiger partial charge in [0.1, 0.15) is 12.0 Å². The Morgan fingerprint density at radius 3 is 2.75 bits per heavy atom. The molecule has 0 saturated heterocycles. The van der Waals surface area contributed by atoms with E-state index < -0.39 is 0 Å². The van der Waals surface area contributed by atoms with Crippen LogP contribution in [0.5, 0.6) is 0 Å². The second-order valence-corrected chi connectivity index (χ2v) is 2.57. The number of hydrogen-bond donors (Lipinski definition) is 0. The van der Waals surface area contributed by atoms with Crippen molar-refractivity contribution in [2.24, 2.45) is 0 Å². The lowest BCUT2D eigenvalue weighted by Gasteiger charge is -1.94. The van der Waals surface area contributed by atoms with Gasteiger partial charge in [0.15, 0.2) is 0 Å². The fourth-order valence-corrected chi connectivity index (χ4v) is 0.981. The highest BCUT2D eigenvalue weighted by molar-refractivity contribution is 5.56. The van der Waals surface area contributed by atoms with Crippen LogP contribution in [0.3, 0.4) is 0 Å². The summed E-state index contributed by atoms with van der Waals surface area (Å²) in [4.78, 5) is 4.15. The zero-order chi connectivity index (χ0) is 8.39. The molecule has 0 unspecified atom stereocenters. The summed E-state index contributed by atoms with van der Waals surface area (Å²) in [6.07, 6.45) is 3.34. The number of nitrogens with zero attached hydrogens (tertiary/aromatic N) is 2. The van der Waals surface area contributed by atoms with Crippen molar-refractivity contribution in [3.63, 3.8) is 0 Å². The van der Waals surface area contributed by atoms with Gasteiger partial charge in [0.25, 0.3) is 0 Å². The summed E-state index contributed by atoms with van der Waals surface area (Å²) in [5.74, 6) is 0. The van der Waals surface area contributed by atoms with Gasteiger partial charge < -0.3 is 4.52 Å². The third-order valence-electron chi connectivity index (χ3n) is 1.64. The van der Waals surface area contributed by atoms with Crippen molar-refractivity contribution in [3.05, 3.63) is 36.4 Å². The monoisotopic (exact) mass is 160 g/mol. The van der Waals surface area contributed by atoms with E-state index in [1.165, 1.54) is 0 Å². The molecule has 60 valence electrons. The van der Waals surface area contributed by atoms with Gasteiger partial charge in [0.2, 0.25) is 0 Å². The van der Waals surface area contributed by atoms with Crippen LogP contribution >= 0.6 is 0 Å². The predicted octanol–water partition coefficient (Wildman–Crippen LogP) is 2.05. The van der Waals surface area contributed by atoms with E-state index in [9.17, 15) is 0 Å². The molecule has 0 atom stereocenters. The number of hydrogen-bond acceptors (Lipinski definition) is 3. The molecule has 0 N–H and O–H groups in total. The topological polar surface area (TPSA) is 38.9 Å². The number of rotatable bonds is 1. The summed E-state index contributed by atoms with van der Waals surface area (Å²) < 4.78 is 4.72. The summed E-state index contributed by atoms with van der Waals surface area (Å²) in [5.41, 5.74) is 2.80. The van der Waals surface area contributed by atoms with E-state index in [4.69, 9.17) is 4.52 Å². The van der Waals surface area contributed by atoms with Gasteiger partial charge in [-0.2, -0.15) is 0 Å². The molecule has 2 rings (SSSR count). The zero-order valence-corrected chi connectivity index (χ0v) is 6.69. The Morgan fingerprint density at radius 2 is 2.17 bits per heavy atom. The van der Waals surface area contributed by atoms with Crippen LogP contribution in [0.1, 0.15) is 5.69 Å². The molecular weight excluding hydrogens is 152 g/mol. The summed E-state index contributed by atoms with van der Waals surface area (Å²) in [6, 6.07) is 5.73. The van der Waals surface area contributed by atoms with Crippen LogP contribution in [0.2, 0.25) is 0 Å². The first-order valence-electron chi connectivity index (χ1n) is 3.70. The highest BCUT2D eigenvalue weighted by Gasteiger charge is 1.99. The Kier molecular flexibility index (Phi) is 1.63. The highest BCUT2D eigenvalue weighted by atomic mass is 16.5. The molecule has 0 aromatic carbocycles. The fourth-order valence-electron chi connectivity index (χ4n) is 0.981. The van der Waals surface area contributed by atoms with Gasteiger partial charge in [-0.25, -0.2) is 0 Å². The van der Waals surface area contributed by atoms with Crippen molar-refractivity contribution in [1.82, 2.24) is 10.1 Å². The number of pyridine rings is 1. The molecule has 0 saturated carbocycles. The van der Waals surface area contributed by atoms with Crippen LogP contribution in [0.4, 0.5) is 0 Å². The van der Waals surface area contributed by atoms with E-state index in [1.807, 2.05) is 25.1 Å². The lowest BCUT2D eigenvalue weighted by atomic mass is 10.2. The third-order valence-corrected chi connectivity index (χ3v) is 1.64. The highest BCUT2D eigenvalue weighted by Crippen LogP contribution is 2.14. The second kappa shape index (κ2) is 2.77. The van der Waals surface area contributed by atoms with Gasteiger partial charge >= 0.3 is 0 Å². The summed E-state index contributed by atoms with van der Waals surface area (Å²) in [7, 11) is 0. The van der Waals surface area contributed by atoms with E-state index in [0.717, 1.165) is 17.0 Å². The molecular formula is C9H8N2O. The molecule has 2 aromatic rings. The maximum absolute atomic E-state index is 4.72. The van der Waals surface area contributed by atoms with E-state index in [2.05, 4.69) is 10.1 Å². The molecule has 0 fully saturated rings. The molecule has 3 nitrogen and oxygen atoms in total. The number of aryl methyl sites for hydroxylation is 1. The van der Waals surface area contributed by atoms with Crippen LogP contribution in [-0.4, -0.2) is 10.1 Å². The van der Waals surface area contributed by atoms with Crippen molar-refractivity contribution >= 4 is 0 Å². The van der Waals surface area contributed by atoms with Gasteiger partial charge in [-0.3, -0.25) is 4.98 Å². The van der Waals surface area contributed by atoms with Crippen molar-refractivity contribution in [3.8, 4) is 11.3 Å². The first-order valence-corrected chi connectivity index (χ1v) is 3.70. The number of aromatic nitrogens is 2. The average molecular weight is 160 g/mol. The van der Waals surface area contributed by atoms with Crippen LogP contribution in [0.25, 0.3) is 11.3 Å². The van der Waals surface area contributed by atoms with Crippen molar-refractivity contribution in [2.75, 3.05) is 0 Å². The van der Waals surface area contributed by atoms with Crippen LogP contribution in [0, 0.1) is 6.92 Å². The molecule has 3 heteroatoms. The zero-order valence-electron chi connectivity index (χ0n) is 6.69. The molecule has 12 heavy (non-hydrogen) atoms. The average Bonchev–Trinajstić information content (AvgIpc) is 2.58. The van der Waals surface area contributed by atoms with Crippen molar-refractivity contribution in [2.45, 2.75) is 6.92 Å². The summed E-state index contributed by atoms with van der Waals surface area (Å²) >= 11 is 0. The first-order chi connectivity index (χ1) is 5.86. The first kappa shape index (κ1) is 7.03. The smallest absolute Gasteiger partial charge is 0.124 e. The molecule has 0 amide bonds. The van der Waals surface area contributed by atoms with Crippen molar-refractivity contribution < 1.29 is 4.52 Å². The molecule has 0 aliphatic rings. The lowest BCUT2D eigenvalue weighted by Crippen LogP contribution is -1.81. The predicted molar refractivity (Wildman–Crippen MR) is 44.5 cm³/mol.